The second kappa shape index (κ2) is 8.98. The van der Waals surface area contributed by atoms with Gasteiger partial charge in [0.2, 0.25) is 11.8 Å². The SMILES string of the molecule is CSc1nc(N)cc(Oc2cc(-c3nc(Nc4cccc(C(F)(F)F)c4)n[nH]3)ccc2C)n1. The first kappa shape index (κ1) is 22.4. The number of thioether (sulfide) groups is 1. The first-order valence-electron chi connectivity index (χ1n) is 9.55. The highest BCUT2D eigenvalue weighted by Crippen LogP contribution is 2.32. The summed E-state index contributed by atoms with van der Waals surface area (Å²) in [5.41, 5.74) is 6.77. The molecule has 0 spiro atoms. The highest BCUT2D eigenvalue weighted by Gasteiger charge is 2.30. The van der Waals surface area contributed by atoms with Gasteiger partial charge in [-0.25, -0.2) is 4.98 Å². The third-order valence-electron chi connectivity index (χ3n) is 4.49. The van der Waals surface area contributed by atoms with Gasteiger partial charge in [0.15, 0.2) is 11.0 Å². The molecule has 0 fully saturated rings. The number of anilines is 3. The molecular weight excluding hydrogens is 455 g/mol. The summed E-state index contributed by atoms with van der Waals surface area (Å²) in [6, 6.07) is 11.7. The molecular formula is C21H18F3N7OS. The fourth-order valence-corrected chi connectivity index (χ4v) is 3.26. The Morgan fingerprint density at radius 1 is 1.06 bits per heavy atom. The molecule has 0 saturated carbocycles. The molecule has 2 aromatic heterocycles. The highest BCUT2D eigenvalue weighted by atomic mass is 32.2. The maximum absolute atomic E-state index is 12.9. The number of aromatic amines is 1. The Kier molecular flexibility index (Phi) is 6.09. The molecule has 0 saturated heterocycles. The molecule has 0 unspecified atom stereocenters. The molecule has 0 radical (unpaired) electrons. The summed E-state index contributed by atoms with van der Waals surface area (Å²) in [6.45, 7) is 1.88. The summed E-state index contributed by atoms with van der Waals surface area (Å²) in [4.78, 5) is 12.7. The molecule has 8 nitrogen and oxygen atoms in total. The van der Waals surface area contributed by atoms with E-state index in [2.05, 4.69) is 30.5 Å². The average molecular weight is 473 g/mol. The van der Waals surface area contributed by atoms with Crippen molar-refractivity contribution in [2.24, 2.45) is 0 Å². The Balaban J connectivity index is 1.56. The minimum Gasteiger partial charge on any atom is -0.439 e. The first-order valence-corrected chi connectivity index (χ1v) is 10.8. The van der Waals surface area contributed by atoms with Gasteiger partial charge in [0, 0.05) is 17.3 Å². The van der Waals surface area contributed by atoms with E-state index in [-0.39, 0.29) is 11.6 Å². The van der Waals surface area contributed by atoms with Crippen molar-refractivity contribution >= 4 is 29.2 Å². The number of hydrogen-bond donors (Lipinski definition) is 3. The van der Waals surface area contributed by atoms with Gasteiger partial charge in [0.1, 0.15) is 11.6 Å². The Labute approximate surface area is 190 Å². The lowest BCUT2D eigenvalue weighted by molar-refractivity contribution is -0.137. The number of nitrogens with one attached hydrogen (secondary N) is 2. The molecule has 0 aliphatic rings. The number of ether oxygens (including phenoxy) is 1. The van der Waals surface area contributed by atoms with Gasteiger partial charge in [-0.15, -0.1) is 5.10 Å². The van der Waals surface area contributed by atoms with Gasteiger partial charge in [-0.1, -0.05) is 30.0 Å². The number of aromatic nitrogens is 5. The standard InChI is InChI=1S/C21H18F3N7OS/c1-11-6-7-12(8-15(11)32-17-10-16(25)27-20(28-17)33-2)18-29-19(31-30-18)26-14-5-3-4-13(9-14)21(22,23)24/h3-10H,1-2H3,(H2,25,27,28)(H2,26,29,30,31). The molecule has 0 amide bonds. The van der Waals surface area contributed by atoms with Crippen molar-refractivity contribution in [2.45, 2.75) is 18.3 Å². The Hall–Kier alpha value is -3.80. The summed E-state index contributed by atoms with van der Waals surface area (Å²) in [6.07, 6.45) is -2.61. The van der Waals surface area contributed by atoms with Crippen LogP contribution in [0.25, 0.3) is 11.4 Å². The lowest BCUT2D eigenvalue weighted by atomic mass is 10.1. The van der Waals surface area contributed by atoms with E-state index in [9.17, 15) is 13.2 Å². The first-order chi connectivity index (χ1) is 15.7. The minimum absolute atomic E-state index is 0.126. The van der Waals surface area contributed by atoms with Crippen LogP contribution in [0, 0.1) is 6.92 Å². The van der Waals surface area contributed by atoms with E-state index < -0.39 is 11.7 Å². The molecule has 0 atom stereocenters. The summed E-state index contributed by atoms with van der Waals surface area (Å²) in [7, 11) is 0. The lowest BCUT2D eigenvalue weighted by Gasteiger charge is -2.10. The number of halogens is 3. The van der Waals surface area contributed by atoms with Gasteiger partial charge < -0.3 is 15.8 Å². The van der Waals surface area contributed by atoms with Gasteiger partial charge in [-0.05, 0) is 43.0 Å². The predicted octanol–water partition coefficient (Wildman–Crippen LogP) is 5.43. The largest absolute Gasteiger partial charge is 0.439 e. The van der Waals surface area contributed by atoms with Crippen LogP contribution in [-0.2, 0) is 6.18 Å². The van der Waals surface area contributed by atoms with Crippen LogP contribution in [0.4, 0.5) is 30.6 Å². The Bertz CT molecular complexity index is 1290. The third kappa shape index (κ3) is 5.34. The maximum Gasteiger partial charge on any atom is 0.416 e. The zero-order valence-electron chi connectivity index (χ0n) is 17.4. The molecule has 2 aromatic carbocycles. The molecule has 170 valence electrons. The smallest absolute Gasteiger partial charge is 0.416 e. The van der Waals surface area contributed by atoms with Crippen LogP contribution in [0.1, 0.15) is 11.1 Å². The highest BCUT2D eigenvalue weighted by molar-refractivity contribution is 7.98. The molecule has 2 heterocycles. The van der Waals surface area contributed by atoms with Crippen LogP contribution >= 0.6 is 11.8 Å². The number of aryl methyl sites for hydroxylation is 1. The van der Waals surface area contributed by atoms with Crippen molar-refractivity contribution in [3.63, 3.8) is 0 Å². The van der Waals surface area contributed by atoms with Gasteiger partial charge in [0.05, 0.1) is 5.56 Å². The van der Waals surface area contributed by atoms with Crippen LogP contribution in [0.2, 0.25) is 0 Å². The summed E-state index contributed by atoms with van der Waals surface area (Å²) < 4.78 is 44.7. The van der Waals surface area contributed by atoms with Crippen molar-refractivity contribution in [3.05, 3.63) is 59.7 Å². The fraction of sp³-hybridized carbons (Fsp3) is 0.143. The summed E-state index contributed by atoms with van der Waals surface area (Å²) >= 11 is 1.34. The lowest BCUT2D eigenvalue weighted by Crippen LogP contribution is -2.05. The molecule has 12 heteroatoms. The number of rotatable bonds is 6. The number of hydrogen-bond acceptors (Lipinski definition) is 8. The molecule has 0 aliphatic heterocycles. The van der Waals surface area contributed by atoms with E-state index >= 15 is 0 Å². The van der Waals surface area contributed by atoms with Crippen molar-refractivity contribution in [1.29, 1.82) is 0 Å². The van der Waals surface area contributed by atoms with Gasteiger partial charge in [-0.2, -0.15) is 23.1 Å². The number of nitrogens with two attached hydrogens (primary N) is 1. The second-order valence-corrected chi connectivity index (χ2v) is 7.68. The number of H-pyrrole nitrogens is 1. The normalized spacial score (nSPS) is 11.4. The van der Waals surface area contributed by atoms with Crippen LogP contribution in [0.15, 0.2) is 53.7 Å². The van der Waals surface area contributed by atoms with Crippen LogP contribution in [-0.4, -0.2) is 31.4 Å². The van der Waals surface area contributed by atoms with Gasteiger partial charge in [0.25, 0.3) is 0 Å². The zero-order chi connectivity index (χ0) is 23.6. The zero-order valence-corrected chi connectivity index (χ0v) is 18.3. The molecule has 4 N–H and O–H groups in total. The number of benzene rings is 2. The Morgan fingerprint density at radius 3 is 2.64 bits per heavy atom. The maximum atomic E-state index is 12.9. The average Bonchev–Trinajstić information content (AvgIpc) is 3.23. The van der Waals surface area contributed by atoms with E-state index in [0.717, 1.165) is 17.7 Å². The molecule has 33 heavy (non-hydrogen) atoms. The van der Waals surface area contributed by atoms with Crippen LogP contribution < -0.4 is 15.8 Å². The van der Waals surface area contributed by atoms with E-state index in [1.165, 1.54) is 30.0 Å². The summed E-state index contributed by atoms with van der Waals surface area (Å²) in [5.74, 6) is 1.65. The number of nitrogen functional groups attached to an aromatic ring is 1. The van der Waals surface area contributed by atoms with Gasteiger partial charge in [-0.3, -0.25) is 5.10 Å². The van der Waals surface area contributed by atoms with Crippen molar-refractivity contribution < 1.29 is 17.9 Å². The predicted molar refractivity (Wildman–Crippen MR) is 120 cm³/mol. The Morgan fingerprint density at radius 2 is 1.88 bits per heavy atom. The molecule has 4 aromatic rings. The van der Waals surface area contributed by atoms with E-state index in [1.54, 1.807) is 6.07 Å². The van der Waals surface area contributed by atoms with Crippen molar-refractivity contribution in [3.8, 4) is 23.0 Å². The topological polar surface area (TPSA) is 115 Å². The van der Waals surface area contributed by atoms with Crippen LogP contribution in [0.3, 0.4) is 0 Å². The number of nitrogens with zero attached hydrogens (tertiary/aromatic N) is 4. The molecule has 0 aliphatic carbocycles. The van der Waals surface area contributed by atoms with Gasteiger partial charge >= 0.3 is 6.18 Å². The van der Waals surface area contributed by atoms with E-state index in [4.69, 9.17) is 10.5 Å². The third-order valence-corrected chi connectivity index (χ3v) is 5.04. The van der Waals surface area contributed by atoms with Crippen molar-refractivity contribution in [2.75, 3.05) is 17.3 Å². The van der Waals surface area contributed by atoms with E-state index in [0.29, 0.717) is 34.0 Å². The summed E-state index contributed by atoms with van der Waals surface area (Å²) in [5, 5.41) is 10.1. The quantitative estimate of drug-likeness (QED) is 0.251. The second-order valence-electron chi connectivity index (χ2n) is 6.91. The number of alkyl halides is 3. The fourth-order valence-electron chi connectivity index (χ4n) is 2.88. The van der Waals surface area contributed by atoms with E-state index in [1.807, 2.05) is 25.3 Å². The molecule has 0 bridgehead atoms. The minimum atomic E-state index is -4.44. The van der Waals surface area contributed by atoms with Crippen molar-refractivity contribution in [1.82, 2.24) is 25.1 Å². The monoisotopic (exact) mass is 473 g/mol. The molecule has 4 rings (SSSR count). The van der Waals surface area contributed by atoms with Crippen LogP contribution in [0.5, 0.6) is 11.6 Å².